The Morgan fingerprint density at radius 3 is 1.66 bits per heavy atom. The van der Waals surface area contributed by atoms with Crippen LogP contribution in [0, 0.1) is 0 Å². The summed E-state index contributed by atoms with van der Waals surface area (Å²) in [6, 6.07) is -4.64. The summed E-state index contributed by atoms with van der Waals surface area (Å²) in [6.45, 7) is 2.06. The Morgan fingerprint density at radius 1 is 0.659 bits per heavy atom. The van der Waals surface area contributed by atoms with E-state index in [4.69, 9.17) is 28.7 Å². The molecular formula is C29H57N9O6. The number of hydrogen-bond donors (Lipinski definition) is 9. The summed E-state index contributed by atoms with van der Waals surface area (Å²) in [7, 11) is 0. The zero-order chi connectivity index (χ0) is 32.9. The number of nitrogens with zero attached hydrogens (tertiary/aromatic N) is 1. The second kappa shape index (κ2) is 22.6. The highest BCUT2D eigenvalue weighted by molar-refractivity contribution is 5.95. The Morgan fingerprint density at radius 2 is 1.14 bits per heavy atom. The van der Waals surface area contributed by atoms with Crippen molar-refractivity contribution in [1.29, 1.82) is 0 Å². The number of nitrogens with two attached hydrogens (primary N) is 5. The molecule has 0 bridgehead atoms. The van der Waals surface area contributed by atoms with Crippen molar-refractivity contribution in [2.24, 2.45) is 28.7 Å². The Hall–Kier alpha value is -2.85. The highest BCUT2D eigenvalue weighted by atomic mass is 16.4. The van der Waals surface area contributed by atoms with E-state index in [0.717, 1.165) is 6.42 Å². The van der Waals surface area contributed by atoms with Gasteiger partial charge in [0.15, 0.2) is 0 Å². The van der Waals surface area contributed by atoms with Crippen molar-refractivity contribution in [1.82, 2.24) is 20.9 Å². The number of carbonyl (C=O) groups excluding carboxylic acids is 4. The van der Waals surface area contributed by atoms with E-state index in [0.29, 0.717) is 103 Å². The van der Waals surface area contributed by atoms with Gasteiger partial charge in [-0.15, -0.1) is 0 Å². The van der Waals surface area contributed by atoms with Gasteiger partial charge < -0.3 is 54.6 Å². The summed E-state index contributed by atoms with van der Waals surface area (Å²) >= 11 is 0. The largest absolute Gasteiger partial charge is 0.480 e. The number of rotatable bonds is 24. The molecule has 1 rings (SSSR count). The lowest BCUT2D eigenvalue weighted by Crippen LogP contribution is -2.58. The van der Waals surface area contributed by atoms with Crippen LogP contribution < -0.4 is 44.6 Å². The Balaban J connectivity index is 3.03. The molecule has 1 saturated heterocycles. The number of aliphatic carboxylic acids is 1. The van der Waals surface area contributed by atoms with Crippen molar-refractivity contribution in [2.45, 2.75) is 120 Å². The molecule has 1 aliphatic rings. The van der Waals surface area contributed by atoms with Gasteiger partial charge in [-0.25, -0.2) is 4.79 Å². The minimum absolute atomic E-state index is 0.209. The van der Waals surface area contributed by atoms with Crippen LogP contribution in [0.2, 0.25) is 0 Å². The lowest BCUT2D eigenvalue weighted by Gasteiger charge is -2.30. The molecule has 4 amide bonds. The Kier molecular flexibility index (Phi) is 20.1. The monoisotopic (exact) mass is 627 g/mol. The van der Waals surface area contributed by atoms with Gasteiger partial charge >= 0.3 is 5.97 Å². The van der Waals surface area contributed by atoms with Crippen molar-refractivity contribution in [3.8, 4) is 0 Å². The number of carboxylic acids is 1. The van der Waals surface area contributed by atoms with Crippen molar-refractivity contribution in [3.05, 3.63) is 0 Å². The lowest BCUT2D eigenvalue weighted by atomic mass is 10.0. The topological polar surface area (TPSA) is 275 Å². The molecule has 1 aliphatic heterocycles. The number of nitrogens with one attached hydrogen (secondary N) is 3. The van der Waals surface area contributed by atoms with Gasteiger partial charge in [0.2, 0.25) is 23.6 Å². The van der Waals surface area contributed by atoms with E-state index in [2.05, 4.69) is 16.0 Å². The van der Waals surface area contributed by atoms with Gasteiger partial charge in [-0.1, -0.05) is 6.42 Å². The van der Waals surface area contributed by atoms with E-state index in [-0.39, 0.29) is 12.8 Å². The highest BCUT2D eigenvalue weighted by Crippen LogP contribution is 2.21. The van der Waals surface area contributed by atoms with Crippen LogP contribution in [-0.2, 0) is 24.0 Å². The Labute approximate surface area is 261 Å². The average molecular weight is 628 g/mol. The molecule has 0 saturated carbocycles. The smallest absolute Gasteiger partial charge is 0.326 e. The normalized spacial score (nSPS) is 17.4. The first-order valence-corrected chi connectivity index (χ1v) is 16.1. The number of hydrogen-bond acceptors (Lipinski definition) is 10. The van der Waals surface area contributed by atoms with Crippen molar-refractivity contribution < 1.29 is 29.1 Å². The maximum absolute atomic E-state index is 13.7. The molecule has 15 nitrogen and oxygen atoms in total. The molecule has 0 radical (unpaired) electrons. The van der Waals surface area contributed by atoms with Crippen LogP contribution in [0.3, 0.4) is 0 Å². The van der Waals surface area contributed by atoms with Crippen LogP contribution in [0.25, 0.3) is 0 Å². The van der Waals surface area contributed by atoms with E-state index in [1.807, 2.05) is 0 Å². The van der Waals surface area contributed by atoms with Gasteiger partial charge in [-0.05, 0) is 110 Å². The van der Waals surface area contributed by atoms with Gasteiger partial charge in [0.25, 0.3) is 0 Å². The molecule has 5 atom stereocenters. The van der Waals surface area contributed by atoms with Gasteiger partial charge in [-0.3, -0.25) is 19.2 Å². The third kappa shape index (κ3) is 14.3. The molecule has 0 aromatic carbocycles. The minimum Gasteiger partial charge on any atom is -0.480 e. The van der Waals surface area contributed by atoms with Crippen LogP contribution in [-0.4, -0.2) is 103 Å². The molecule has 44 heavy (non-hydrogen) atoms. The lowest BCUT2D eigenvalue weighted by molar-refractivity contribution is -0.143. The fourth-order valence-corrected chi connectivity index (χ4v) is 5.22. The molecule has 0 unspecified atom stereocenters. The predicted molar refractivity (Wildman–Crippen MR) is 168 cm³/mol. The molecular weight excluding hydrogens is 570 g/mol. The molecule has 0 spiro atoms. The summed E-state index contributed by atoms with van der Waals surface area (Å²) in [5, 5.41) is 17.7. The molecule has 254 valence electrons. The summed E-state index contributed by atoms with van der Waals surface area (Å²) < 4.78 is 0. The van der Waals surface area contributed by atoms with Gasteiger partial charge in [-0.2, -0.15) is 0 Å². The molecule has 15 heteroatoms. The average Bonchev–Trinajstić information content (AvgIpc) is 3.49. The second-order valence-electron chi connectivity index (χ2n) is 11.5. The number of carboxylic acid groups (broad SMARTS) is 1. The van der Waals surface area contributed by atoms with E-state index in [1.165, 1.54) is 4.90 Å². The van der Waals surface area contributed by atoms with E-state index in [1.54, 1.807) is 0 Å². The number of amides is 4. The van der Waals surface area contributed by atoms with Gasteiger partial charge in [0.05, 0.1) is 6.04 Å². The first-order chi connectivity index (χ1) is 21.1. The zero-order valence-electron chi connectivity index (χ0n) is 26.1. The quantitative estimate of drug-likeness (QED) is 0.0547. The third-order valence-corrected chi connectivity index (χ3v) is 7.85. The van der Waals surface area contributed by atoms with Gasteiger partial charge in [0.1, 0.15) is 24.2 Å². The highest BCUT2D eigenvalue weighted by Gasteiger charge is 2.39. The molecule has 1 heterocycles. The van der Waals surface area contributed by atoms with E-state index >= 15 is 0 Å². The predicted octanol–water partition coefficient (Wildman–Crippen LogP) is -1.64. The number of carbonyl (C=O) groups is 5. The van der Waals surface area contributed by atoms with Crippen LogP contribution >= 0.6 is 0 Å². The summed E-state index contributed by atoms with van der Waals surface area (Å²) in [5.41, 5.74) is 28.4. The van der Waals surface area contributed by atoms with Crippen molar-refractivity contribution in [2.75, 3.05) is 32.7 Å². The molecule has 0 aromatic rings. The number of likely N-dealkylation sites (tertiary alicyclic amines) is 1. The summed E-state index contributed by atoms with van der Waals surface area (Å²) in [5.74, 6) is -3.12. The molecule has 0 aliphatic carbocycles. The second-order valence-corrected chi connectivity index (χ2v) is 11.5. The molecule has 1 fully saturated rings. The first-order valence-electron chi connectivity index (χ1n) is 16.1. The maximum atomic E-state index is 13.7. The summed E-state index contributed by atoms with van der Waals surface area (Å²) in [6.07, 6.45) is 7.17. The fraction of sp³-hybridized carbons (Fsp3) is 0.828. The minimum atomic E-state index is -1.17. The fourth-order valence-electron chi connectivity index (χ4n) is 5.22. The third-order valence-electron chi connectivity index (χ3n) is 7.85. The van der Waals surface area contributed by atoms with E-state index in [9.17, 15) is 29.1 Å². The zero-order valence-corrected chi connectivity index (χ0v) is 26.1. The Bertz CT molecular complexity index is 893. The molecule has 14 N–H and O–H groups in total. The summed E-state index contributed by atoms with van der Waals surface area (Å²) in [4.78, 5) is 66.5. The van der Waals surface area contributed by atoms with Crippen molar-refractivity contribution >= 4 is 29.6 Å². The van der Waals surface area contributed by atoms with Crippen LogP contribution in [0.5, 0.6) is 0 Å². The van der Waals surface area contributed by atoms with Crippen LogP contribution in [0.15, 0.2) is 0 Å². The standard InChI is InChI=1S/C29H57N9O6/c30-15-5-1-10-20(34)25(39)36-22(12-3-7-17-32)28(42)38-19-9-14-24(38)27(41)35-21(11-2-6-16-31)26(40)37-23(29(43)44)13-4-8-18-33/h20-24H,1-19,30-34H2,(H,35,41)(H,36,39)(H,37,40)(H,43,44)/t20-,21-,22-,23-,24-/m0/s1. The SMILES string of the molecule is NCCCC[C@H](NC(=O)[C@H](CCCCN)NC(=O)[C@@H]1CCCN1C(=O)[C@H](CCCCN)NC(=O)[C@@H](N)CCCCN)C(=O)O. The maximum Gasteiger partial charge on any atom is 0.326 e. The van der Waals surface area contributed by atoms with Crippen LogP contribution in [0.4, 0.5) is 0 Å². The van der Waals surface area contributed by atoms with Gasteiger partial charge in [0, 0.05) is 6.54 Å². The molecule has 0 aromatic heterocycles. The van der Waals surface area contributed by atoms with Crippen LogP contribution in [0.1, 0.15) is 89.9 Å². The number of unbranched alkanes of at least 4 members (excludes halogenated alkanes) is 4. The first kappa shape index (κ1) is 39.2. The van der Waals surface area contributed by atoms with Crippen molar-refractivity contribution in [3.63, 3.8) is 0 Å². The van der Waals surface area contributed by atoms with E-state index < -0.39 is 59.8 Å².